The van der Waals surface area contributed by atoms with Crippen molar-refractivity contribution < 1.29 is 9.53 Å². The van der Waals surface area contributed by atoms with Crippen molar-refractivity contribution in [3.05, 3.63) is 35.9 Å². The minimum atomic E-state index is 0.193. The lowest BCUT2D eigenvalue weighted by molar-refractivity contribution is -0.130. The predicted molar refractivity (Wildman–Crippen MR) is 71.1 cm³/mol. The molecule has 0 N–H and O–H groups in total. The van der Waals surface area contributed by atoms with Gasteiger partial charge in [0, 0.05) is 26.6 Å². The van der Waals surface area contributed by atoms with Crippen molar-refractivity contribution in [3.8, 4) is 0 Å². The number of benzene rings is 1. The number of nitrogens with zero attached hydrogens (tertiary/aromatic N) is 1. The van der Waals surface area contributed by atoms with Crippen LogP contribution >= 0.6 is 0 Å². The Labute approximate surface area is 109 Å². The molecule has 0 aliphatic carbocycles. The SMILES string of the molecule is CC(=O)N1CCC(COCc2ccccc2)CC1. The lowest BCUT2D eigenvalue weighted by Gasteiger charge is -2.31. The van der Waals surface area contributed by atoms with E-state index >= 15 is 0 Å². The van der Waals surface area contributed by atoms with Gasteiger partial charge >= 0.3 is 0 Å². The molecular formula is C15H21NO2. The van der Waals surface area contributed by atoms with E-state index in [1.165, 1.54) is 5.56 Å². The zero-order chi connectivity index (χ0) is 12.8. The highest BCUT2D eigenvalue weighted by Crippen LogP contribution is 2.18. The molecule has 1 fully saturated rings. The Bertz CT molecular complexity index is 369. The summed E-state index contributed by atoms with van der Waals surface area (Å²) >= 11 is 0. The lowest BCUT2D eigenvalue weighted by atomic mass is 9.98. The van der Waals surface area contributed by atoms with E-state index in [9.17, 15) is 4.79 Å². The molecule has 1 aromatic carbocycles. The Hall–Kier alpha value is -1.35. The fourth-order valence-electron chi connectivity index (χ4n) is 2.33. The van der Waals surface area contributed by atoms with Gasteiger partial charge in [-0.3, -0.25) is 4.79 Å². The summed E-state index contributed by atoms with van der Waals surface area (Å²) in [4.78, 5) is 13.1. The maximum atomic E-state index is 11.2. The summed E-state index contributed by atoms with van der Waals surface area (Å²) in [5.41, 5.74) is 1.22. The van der Waals surface area contributed by atoms with Crippen molar-refractivity contribution in [2.24, 2.45) is 5.92 Å². The maximum Gasteiger partial charge on any atom is 0.219 e. The first-order valence-corrected chi connectivity index (χ1v) is 6.63. The summed E-state index contributed by atoms with van der Waals surface area (Å²) in [5.74, 6) is 0.794. The summed E-state index contributed by atoms with van der Waals surface area (Å²) in [7, 11) is 0. The number of hydrogen-bond donors (Lipinski definition) is 0. The van der Waals surface area contributed by atoms with Gasteiger partial charge in [-0.2, -0.15) is 0 Å². The number of rotatable bonds is 4. The van der Waals surface area contributed by atoms with Crippen LogP contribution in [0.4, 0.5) is 0 Å². The van der Waals surface area contributed by atoms with Crippen LogP contribution in [0.2, 0.25) is 0 Å². The van der Waals surface area contributed by atoms with E-state index < -0.39 is 0 Å². The van der Waals surface area contributed by atoms with Gasteiger partial charge in [-0.05, 0) is 24.3 Å². The van der Waals surface area contributed by atoms with Gasteiger partial charge in [-0.1, -0.05) is 30.3 Å². The van der Waals surface area contributed by atoms with Gasteiger partial charge in [0.2, 0.25) is 5.91 Å². The number of carbonyl (C=O) groups excluding carboxylic acids is 1. The average molecular weight is 247 g/mol. The van der Waals surface area contributed by atoms with E-state index in [4.69, 9.17) is 4.74 Å². The second kappa shape index (κ2) is 6.55. The van der Waals surface area contributed by atoms with Crippen molar-refractivity contribution in [2.45, 2.75) is 26.4 Å². The van der Waals surface area contributed by atoms with Crippen molar-refractivity contribution in [3.63, 3.8) is 0 Å². The van der Waals surface area contributed by atoms with Gasteiger partial charge < -0.3 is 9.64 Å². The van der Waals surface area contributed by atoms with Crippen molar-refractivity contribution in [1.82, 2.24) is 4.90 Å². The molecule has 0 aromatic heterocycles. The summed E-state index contributed by atoms with van der Waals surface area (Å²) in [5, 5.41) is 0. The Morgan fingerprint density at radius 3 is 2.56 bits per heavy atom. The Morgan fingerprint density at radius 2 is 1.94 bits per heavy atom. The molecule has 2 rings (SSSR count). The van der Waals surface area contributed by atoms with Crippen molar-refractivity contribution >= 4 is 5.91 Å². The molecule has 3 nitrogen and oxygen atoms in total. The highest BCUT2D eigenvalue weighted by molar-refractivity contribution is 5.73. The molecule has 1 saturated heterocycles. The third-order valence-corrected chi connectivity index (χ3v) is 3.52. The normalized spacial score (nSPS) is 16.8. The van der Waals surface area contributed by atoms with Gasteiger partial charge in [-0.25, -0.2) is 0 Å². The zero-order valence-electron chi connectivity index (χ0n) is 11.0. The number of likely N-dealkylation sites (tertiary alicyclic amines) is 1. The Kier molecular flexibility index (Phi) is 4.76. The Morgan fingerprint density at radius 1 is 1.28 bits per heavy atom. The van der Waals surface area contributed by atoms with Gasteiger partial charge in [0.15, 0.2) is 0 Å². The summed E-state index contributed by atoms with van der Waals surface area (Å²) in [6.45, 7) is 4.91. The molecule has 0 radical (unpaired) electrons. The fourth-order valence-corrected chi connectivity index (χ4v) is 2.33. The minimum Gasteiger partial charge on any atom is -0.376 e. The number of ether oxygens (including phenoxy) is 1. The average Bonchev–Trinajstić information content (AvgIpc) is 2.40. The molecule has 0 atom stereocenters. The monoisotopic (exact) mass is 247 g/mol. The molecule has 18 heavy (non-hydrogen) atoms. The van der Waals surface area contributed by atoms with Gasteiger partial charge in [-0.15, -0.1) is 0 Å². The lowest BCUT2D eigenvalue weighted by Crippen LogP contribution is -2.38. The molecule has 1 aromatic rings. The summed E-state index contributed by atoms with van der Waals surface area (Å²) in [6.07, 6.45) is 2.13. The molecule has 0 spiro atoms. The van der Waals surface area contributed by atoms with E-state index in [-0.39, 0.29) is 5.91 Å². The van der Waals surface area contributed by atoms with Gasteiger partial charge in [0.1, 0.15) is 0 Å². The molecule has 1 amide bonds. The molecular weight excluding hydrogens is 226 g/mol. The van der Waals surface area contributed by atoms with Crippen molar-refractivity contribution in [2.75, 3.05) is 19.7 Å². The molecule has 98 valence electrons. The van der Waals surface area contributed by atoms with E-state index in [0.717, 1.165) is 32.5 Å². The molecule has 1 heterocycles. The van der Waals surface area contributed by atoms with Crippen LogP contribution in [0.5, 0.6) is 0 Å². The smallest absolute Gasteiger partial charge is 0.219 e. The topological polar surface area (TPSA) is 29.5 Å². The number of carbonyl (C=O) groups is 1. The van der Waals surface area contributed by atoms with Crippen LogP contribution in [-0.2, 0) is 16.1 Å². The second-order valence-electron chi connectivity index (χ2n) is 4.95. The summed E-state index contributed by atoms with van der Waals surface area (Å²) < 4.78 is 5.75. The van der Waals surface area contributed by atoms with E-state index in [1.54, 1.807) is 6.92 Å². The maximum absolute atomic E-state index is 11.2. The number of piperidine rings is 1. The molecule has 3 heteroatoms. The molecule has 0 bridgehead atoms. The highest BCUT2D eigenvalue weighted by atomic mass is 16.5. The van der Waals surface area contributed by atoms with E-state index in [1.807, 2.05) is 23.1 Å². The van der Waals surface area contributed by atoms with Gasteiger partial charge in [0.25, 0.3) is 0 Å². The largest absolute Gasteiger partial charge is 0.376 e. The quantitative estimate of drug-likeness (QED) is 0.818. The number of hydrogen-bond acceptors (Lipinski definition) is 2. The van der Waals surface area contributed by atoms with E-state index in [0.29, 0.717) is 12.5 Å². The van der Waals surface area contributed by atoms with Crippen LogP contribution in [-0.4, -0.2) is 30.5 Å². The van der Waals surface area contributed by atoms with Crippen LogP contribution in [0.1, 0.15) is 25.3 Å². The van der Waals surface area contributed by atoms with Crippen LogP contribution in [0.3, 0.4) is 0 Å². The Balaban J connectivity index is 1.65. The highest BCUT2D eigenvalue weighted by Gasteiger charge is 2.20. The molecule has 1 aliphatic heterocycles. The zero-order valence-corrected chi connectivity index (χ0v) is 11.0. The molecule has 1 aliphatic rings. The predicted octanol–water partition coefficient (Wildman–Crippen LogP) is 2.46. The molecule has 0 saturated carbocycles. The van der Waals surface area contributed by atoms with Crippen LogP contribution in [0.25, 0.3) is 0 Å². The minimum absolute atomic E-state index is 0.193. The standard InChI is InChI=1S/C15H21NO2/c1-13(17)16-9-7-15(8-10-16)12-18-11-14-5-3-2-4-6-14/h2-6,15H,7-12H2,1H3. The molecule has 0 unspecified atom stereocenters. The first-order chi connectivity index (χ1) is 8.75. The third kappa shape index (κ3) is 3.84. The summed E-state index contributed by atoms with van der Waals surface area (Å²) in [6, 6.07) is 10.2. The van der Waals surface area contributed by atoms with Crippen LogP contribution in [0, 0.1) is 5.92 Å². The number of amides is 1. The van der Waals surface area contributed by atoms with Crippen molar-refractivity contribution in [1.29, 1.82) is 0 Å². The first kappa shape index (κ1) is 13.1. The van der Waals surface area contributed by atoms with E-state index in [2.05, 4.69) is 12.1 Å². The van der Waals surface area contributed by atoms with Crippen LogP contribution < -0.4 is 0 Å². The third-order valence-electron chi connectivity index (χ3n) is 3.52. The fraction of sp³-hybridized carbons (Fsp3) is 0.533. The van der Waals surface area contributed by atoms with Crippen LogP contribution in [0.15, 0.2) is 30.3 Å². The first-order valence-electron chi connectivity index (χ1n) is 6.63. The second-order valence-corrected chi connectivity index (χ2v) is 4.95. The van der Waals surface area contributed by atoms with Gasteiger partial charge in [0.05, 0.1) is 6.61 Å².